The molecule has 21 heavy (non-hydrogen) atoms. The number of carboxylic acids is 1. The standard InChI is InChI=1S/C14H12ClFN2O3/c1-21-13-3-2-7(4-9(13)15)18-12-5-8(14(19)20)11(17)6-10(12)16/h2-6,18H,17H2,1H3,(H,19,20). The summed E-state index contributed by atoms with van der Waals surface area (Å²) in [5, 5.41) is 12.1. The number of halogens is 2. The van der Waals surface area contributed by atoms with Crippen LogP contribution in [0.1, 0.15) is 10.4 Å². The summed E-state index contributed by atoms with van der Waals surface area (Å²) in [6, 6.07) is 6.86. The molecular formula is C14H12ClFN2O3. The van der Waals surface area contributed by atoms with E-state index >= 15 is 0 Å². The largest absolute Gasteiger partial charge is 0.495 e. The van der Waals surface area contributed by atoms with Crippen LogP contribution in [0, 0.1) is 5.82 Å². The number of rotatable bonds is 4. The highest BCUT2D eigenvalue weighted by Gasteiger charge is 2.13. The second kappa shape index (κ2) is 5.88. The van der Waals surface area contributed by atoms with Gasteiger partial charge in [-0.15, -0.1) is 0 Å². The first-order valence-electron chi connectivity index (χ1n) is 5.85. The van der Waals surface area contributed by atoms with Crippen molar-refractivity contribution < 1.29 is 19.0 Å². The summed E-state index contributed by atoms with van der Waals surface area (Å²) in [4.78, 5) is 11.0. The third-order valence-electron chi connectivity index (χ3n) is 2.80. The molecule has 0 fully saturated rings. The molecule has 4 N–H and O–H groups in total. The lowest BCUT2D eigenvalue weighted by molar-refractivity contribution is 0.0698. The van der Waals surface area contributed by atoms with Crippen LogP contribution in [-0.4, -0.2) is 18.2 Å². The molecule has 0 saturated carbocycles. The Labute approximate surface area is 125 Å². The molecule has 0 saturated heterocycles. The van der Waals surface area contributed by atoms with E-state index in [2.05, 4.69) is 5.32 Å². The second-order valence-corrected chi connectivity index (χ2v) is 4.61. The minimum Gasteiger partial charge on any atom is -0.495 e. The third kappa shape index (κ3) is 3.17. The number of carbonyl (C=O) groups is 1. The molecule has 2 aromatic carbocycles. The Morgan fingerprint density at radius 2 is 2.10 bits per heavy atom. The van der Waals surface area contributed by atoms with Gasteiger partial charge in [-0.3, -0.25) is 0 Å². The van der Waals surface area contributed by atoms with Crippen molar-refractivity contribution in [3.8, 4) is 5.75 Å². The second-order valence-electron chi connectivity index (χ2n) is 4.20. The Morgan fingerprint density at radius 1 is 1.38 bits per heavy atom. The van der Waals surface area contributed by atoms with Crippen molar-refractivity contribution in [2.75, 3.05) is 18.2 Å². The molecule has 2 rings (SSSR count). The number of anilines is 3. The Balaban J connectivity index is 2.37. The molecule has 0 atom stereocenters. The Hall–Kier alpha value is -2.47. The molecule has 0 radical (unpaired) electrons. The van der Waals surface area contributed by atoms with Gasteiger partial charge >= 0.3 is 5.97 Å². The first-order chi connectivity index (χ1) is 9.92. The van der Waals surface area contributed by atoms with E-state index in [0.29, 0.717) is 16.5 Å². The molecule has 0 unspecified atom stereocenters. The van der Waals surface area contributed by atoms with Crippen LogP contribution in [0.5, 0.6) is 5.75 Å². The van der Waals surface area contributed by atoms with Crippen LogP contribution in [0.15, 0.2) is 30.3 Å². The van der Waals surface area contributed by atoms with Crippen LogP contribution in [0.3, 0.4) is 0 Å². The van der Waals surface area contributed by atoms with Gasteiger partial charge in [0.2, 0.25) is 0 Å². The number of nitrogens with two attached hydrogens (primary N) is 1. The van der Waals surface area contributed by atoms with Gasteiger partial charge in [-0.25, -0.2) is 9.18 Å². The number of nitrogen functional groups attached to an aromatic ring is 1. The predicted molar refractivity (Wildman–Crippen MR) is 79.1 cm³/mol. The molecule has 0 aliphatic heterocycles. The summed E-state index contributed by atoms with van der Waals surface area (Å²) in [6.07, 6.45) is 0. The van der Waals surface area contributed by atoms with E-state index in [1.807, 2.05) is 0 Å². The smallest absolute Gasteiger partial charge is 0.337 e. The van der Waals surface area contributed by atoms with Gasteiger partial charge in [-0.2, -0.15) is 0 Å². The molecule has 0 aromatic heterocycles. The molecule has 0 heterocycles. The number of carboxylic acid groups (broad SMARTS) is 1. The van der Waals surface area contributed by atoms with Gasteiger partial charge in [0.05, 0.1) is 23.4 Å². The number of aromatic carboxylic acids is 1. The highest BCUT2D eigenvalue weighted by molar-refractivity contribution is 6.32. The Bertz CT molecular complexity index is 707. The van der Waals surface area contributed by atoms with Gasteiger partial charge in [0.25, 0.3) is 0 Å². The van der Waals surface area contributed by atoms with Crippen LogP contribution in [0.25, 0.3) is 0 Å². The van der Waals surface area contributed by atoms with E-state index in [1.165, 1.54) is 13.2 Å². The average Bonchev–Trinajstić information content (AvgIpc) is 2.41. The fraction of sp³-hybridized carbons (Fsp3) is 0.0714. The first-order valence-corrected chi connectivity index (χ1v) is 6.23. The van der Waals surface area contributed by atoms with Crippen LogP contribution >= 0.6 is 11.6 Å². The highest BCUT2D eigenvalue weighted by Crippen LogP contribution is 2.30. The molecule has 0 spiro atoms. The van der Waals surface area contributed by atoms with Crippen LogP contribution in [0.2, 0.25) is 5.02 Å². The van der Waals surface area contributed by atoms with E-state index in [1.54, 1.807) is 12.1 Å². The summed E-state index contributed by atoms with van der Waals surface area (Å²) < 4.78 is 18.8. The van der Waals surface area contributed by atoms with Crippen LogP contribution < -0.4 is 15.8 Å². The summed E-state index contributed by atoms with van der Waals surface area (Å²) in [5.41, 5.74) is 5.61. The molecule has 2 aromatic rings. The normalized spacial score (nSPS) is 10.2. The van der Waals surface area contributed by atoms with Crippen LogP contribution in [0.4, 0.5) is 21.5 Å². The molecule has 5 nitrogen and oxygen atoms in total. The number of benzene rings is 2. The maximum Gasteiger partial charge on any atom is 0.337 e. The minimum atomic E-state index is -1.23. The summed E-state index contributed by atoms with van der Waals surface area (Å²) in [5.74, 6) is -1.42. The quantitative estimate of drug-likeness (QED) is 0.752. The number of nitrogens with one attached hydrogen (secondary N) is 1. The van der Waals surface area contributed by atoms with Crippen molar-refractivity contribution in [3.63, 3.8) is 0 Å². The molecule has 0 aliphatic rings. The van der Waals surface area contributed by atoms with Gasteiger partial charge in [0, 0.05) is 11.4 Å². The topological polar surface area (TPSA) is 84.6 Å². The molecule has 7 heteroatoms. The van der Waals surface area contributed by atoms with Crippen molar-refractivity contribution in [2.24, 2.45) is 0 Å². The molecule has 0 aliphatic carbocycles. The average molecular weight is 311 g/mol. The lowest BCUT2D eigenvalue weighted by Crippen LogP contribution is -2.05. The number of methoxy groups -OCH3 is 1. The Morgan fingerprint density at radius 3 is 2.67 bits per heavy atom. The third-order valence-corrected chi connectivity index (χ3v) is 3.10. The van der Waals surface area contributed by atoms with Crippen molar-refractivity contribution in [1.29, 1.82) is 0 Å². The van der Waals surface area contributed by atoms with Crippen molar-refractivity contribution in [2.45, 2.75) is 0 Å². The van der Waals surface area contributed by atoms with Gasteiger partial charge in [-0.1, -0.05) is 11.6 Å². The molecule has 110 valence electrons. The molecular weight excluding hydrogens is 299 g/mol. The maximum absolute atomic E-state index is 13.8. The Kier molecular flexibility index (Phi) is 4.18. The minimum absolute atomic E-state index is 0.0113. The van der Waals surface area contributed by atoms with Gasteiger partial charge < -0.3 is 20.9 Å². The zero-order valence-corrected chi connectivity index (χ0v) is 11.7. The van der Waals surface area contributed by atoms with Crippen LogP contribution in [-0.2, 0) is 0 Å². The molecule has 0 amide bonds. The lowest BCUT2D eigenvalue weighted by atomic mass is 10.1. The lowest BCUT2D eigenvalue weighted by Gasteiger charge is -2.11. The number of hydrogen-bond donors (Lipinski definition) is 3. The monoisotopic (exact) mass is 310 g/mol. The van der Waals surface area contributed by atoms with Gasteiger partial charge in [0.1, 0.15) is 11.6 Å². The summed E-state index contributed by atoms with van der Waals surface area (Å²) in [6.45, 7) is 0. The summed E-state index contributed by atoms with van der Waals surface area (Å²) in [7, 11) is 1.48. The highest BCUT2D eigenvalue weighted by atomic mass is 35.5. The van der Waals surface area contributed by atoms with E-state index < -0.39 is 11.8 Å². The fourth-order valence-electron chi connectivity index (χ4n) is 1.77. The first kappa shape index (κ1) is 14.9. The van der Waals surface area contributed by atoms with E-state index in [9.17, 15) is 9.18 Å². The van der Waals surface area contributed by atoms with Gasteiger partial charge in [0.15, 0.2) is 0 Å². The van der Waals surface area contributed by atoms with Crippen molar-refractivity contribution in [1.82, 2.24) is 0 Å². The van der Waals surface area contributed by atoms with E-state index in [0.717, 1.165) is 12.1 Å². The fourth-order valence-corrected chi connectivity index (χ4v) is 2.03. The predicted octanol–water partition coefficient (Wildman–Crippen LogP) is 3.51. The number of ether oxygens (including phenoxy) is 1. The maximum atomic E-state index is 13.8. The van der Waals surface area contributed by atoms with E-state index in [-0.39, 0.29) is 16.9 Å². The van der Waals surface area contributed by atoms with Gasteiger partial charge in [-0.05, 0) is 30.3 Å². The van der Waals surface area contributed by atoms with Crippen molar-refractivity contribution in [3.05, 3.63) is 46.7 Å². The molecule has 0 bridgehead atoms. The zero-order valence-electron chi connectivity index (χ0n) is 11.0. The van der Waals surface area contributed by atoms with E-state index in [4.69, 9.17) is 27.2 Å². The summed E-state index contributed by atoms with van der Waals surface area (Å²) >= 11 is 5.97. The SMILES string of the molecule is COc1ccc(Nc2cc(C(=O)O)c(N)cc2F)cc1Cl. The number of hydrogen-bond acceptors (Lipinski definition) is 4. The van der Waals surface area contributed by atoms with Crippen molar-refractivity contribution >= 4 is 34.6 Å². The zero-order chi connectivity index (χ0) is 15.6.